The van der Waals surface area contributed by atoms with E-state index >= 15 is 0 Å². The molecule has 1 saturated heterocycles. The number of amides is 2. The van der Waals surface area contributed by atoms with Crippen LogP contribution in [-0.4, -0.2) is 43.9 Å². The molecule has 0 radical (unpaired) electrons. The van der Waals surface area contributed by atoms with Gasteiger partial charge in [0.25, 0.3) is 0 Å². The van der Waals surface area contributed by atoms with Crippen molar-refractivity contribution in [3.8, 4) is 0 Å². The molecule has 1 saturated carbocycles. The summed E-state index contributed by atoms with van der Waals surface area (Å²) in [5, 5.41) is 7.77. The van der Waals surface area contributed by atoms with E-state index in [-0.39, 0.29) is 42.9 Å². The van der Waals surface area contributed by atoms with E-state index in [0.29, 0.717) is 27.9 Å². The van der Waals surface area contributed by atoms with Crippen LogP contribution in [0.1, 0.15) is 42.7 Å². The lowest BCUT2D eigenvalue weighted by Crippen LogP contribution is -2.61. The van der Waals surface area contributed by atoms with Gasteiger partial charge in [-0.3, -0.25) is 4.79 Å². The third kappa shape index (κ3) is 4.74. The second kappa shape index (κ2) is 10.3. The van der Waals surface area contributed by atoms with Gasteiger partial charge in [-0.05, 0) is 67.0 Å². The minimum atomic E-state index is -1.11. The van der Waals surface area contributed by atoms with Crippen molar-refractivity contribution in [1.82, 2.24) is 10.6 Å². The van der Waals surface area contributed by atoms with Crippen molar-refractivity contribution in [2.24, 2.45) is 5.92 Å². The Morgan fingerprint density at radius 1 is 1.12 bits per heavy atom. The number of nitrogens with one attached hydrogen (secondary N) is 2. The van der Waals surface area contributed by atoms with Crippen LogP contribution in [0.3, 0.4) is 0 Å². The summed E-state index contributed by atoms with van der Waals surface area (Å²) in [4.78, 5) is 26.0. The highest BCUT2D eigenvalue weighted by Crippen LogP contribution is 2.55. The zero-order chi connectivity index (χ0) is 24.5. The highest BCUT2D eigenvalue weighted by molar-refractivity contribution is 6.35. The van der Waals surface area contributed by atoms with E-state index in [2.05, 4.69) is 10.6 Å². The van der Waals surface area contributed by atoms with Crippen LogP contribution in [0.4, 0.5) is 4.79 Å². The first kappa shape index (κ1) is 25.1. The number of benzene rings is 2. The molecular formula is C25H27Cl3N2O4. The van der Waals surface area contributed by atoms with Gasteiger partial charge in [-0.25, -0.2) is 4.79 Å². The smallest absolute Gasteiger partial charge is 0.408 e. The Labute approximate surface area is 214 Å². The van der Waals surface area contributed by atoms with E-state index in [0.717, 1.165) is 11.1 Å². The fourth-order valence-electron chi connectivity index (χ4n) is 5.63. The van der Waals surface area contributed by atoms with E-state index in [4.69, 9.17) is 44.3 Å². The van der Waals surface area contributed by atoms with Gasteiger partial charge in [0.15, 0.2) is 0 Å². The number of hydrogen-bond donors (Lipinski definition) is 2. The average molecular weight is 526 g/mol. The third-order valence-electron chi connectivity index (χ3n) is 7.00. The summed E-state index contributed by atoms with van der Waals surface area (Å²) < 4.78 is 10.2. The van der Waals surface area contributed by atoms with Gasteiger partial charge in [-0.2, -0.15) is 0 Å². The normalized spacial score (nSPS) is 28.2. The van der Waals surface area contributed by atoms with Crippen molar-refractivity contribution >= 4 is 46.8 Å². The van der Waals surface area contributed by atoms with Gasteiger partial charge >= 0.3 is 6.09 Å². The first-order valence-corrected chi connectivity index (χ1v) is 12.4. The largest absolute Gasteiger partial charge is 0.447 e. The molecule has 0 aromatic heterocycles. The van der Waals surface area contributed by atoms with E-state index < -0.39 is 11.6 Å². The zero-order valence-electron chi connectivity index (χ0n) is 18.9. The summed E-state index contributed by atoms with van der Waals surface area (Å²) in [5.74, 6) is -0.571. The maximum absolute atomic E-state index is 13.3. The minimum Gasteiger partial charge on any atom is -0.447 e. The lowest BCUT2D eigenvalue weighted by molar-refractivity contribution is -0.126. The van der Waals surface area contributed by atoms with Gasteiger partial charge in [-0.15, -0.1) is 0 Å². The van der Waals surface area contributed by atoms with Crippen LogP contribution in [0.5, 0.6) is 0 Å². The molecule has 2 fully saturated rings. The van der Waals surface area contributed by atoms with Crippen molar-refractivity contribution in [1.29, 1.82) is 0 Å². The van der Waals surface area contributed by atoms with E-state index in [9.17, 15) is 9.59 Å². The average Bonchev–Trinajstić information content (AvgIpc) is 3.04. The minimum absolute atomic E-state index is 0.00512. The van der Waals surface area contributed by atoms with Gasteiger partial charge in [0.2, 0.25) is 5.91 Å². The molecule has 2 aromatic rings. The van der Waals surface area contributed by atoms with Crippen molar-refractivity contribution in [3.05, 3.63) is 68.7 Å². The van der Waals surface area contributed by atoms with Crippen LogP contribution >= 0.6 is 34.8 Å². The SMILES string of the molecule is COCCOC(=O)N[C@@]12CC[C@@H](c3ccc(Cl)cc3Cl)[C@H](c3ccc(Cl)cc3)[C@@H]1[C@@H](C)NC2=O. The fraction of sp³-hybridized carbons (Fsp3) is 0.440. The summed E-state index contributed by atoms with van der Waals surface area (Å²) in [5.41, 5.74) is 0.879. The van der Waals surface area contributed by atoms with Gasteiger partial charge in [0, 0.05) is 34.1 Å². The summed E-state index contributed by atoms with van der Waals surface area (Å²) in [6, 6.07) is 13.0. The summed E-state index contributed by atoms with van der Waals surface area (Å²) in [7, 11) is 1.53. The quantitative estimate of drug-likeness (QED) is 0.485. The first-order chi connectivity index (χ1) is 16.3. The fourth-order valence-corrected chi connectivity index (χ4v) is 6.30. The van der Waals surface area contributed by atoms with Gasteiger partial charge < -0.3 is 20.1 Å². The highest BCUT2D eigenvalue weighted by atomic mass is 35.5. The van der Waals surface area contributed by atoms with Gasteiger partial charge in [0.1, 0.15) is 12.1 Å². The first-order valence-electron chi connectivity index (χ1n) is 11.2. The number of ether oxygens (including phenoxy) is 2. The van der Waals surface area contributed by atoms with E-state index in [1.54, 1.807) is 6.07 Å². The van der Waals surface area contributed by atoms with E-state index in [1.165, 1.54) is 7.11 Å². The van der Waals surface area contributed by atoms with Crippen LogP contribution in [0.25, 0.3) is 0 Å². The molecule has 182 valence electrons. The number of halogens is 3. The Balaban J connectivity index is 1.77. The van der Waals surface area contributed by atoms with Crippen LogP contribution in [-0.2, 0) is 14.3 Å². The summed E-state index contributed by atoms with van der Waals surface area (Å²) in [6.07, 6.45) is 0.439. The number of methoxy groups -OCH3 is 1. The molecule has 1 aliphatic heterocycles. The second-order valence-electron chi connectivity index (χ2n) is 8.90. The maximum Gasteiger partial charge on any atom is 0.408 e. The predicted molar refractivity (Wildman–Crippen MR) is 133 cm³/mol. The zero-order valence-corrected chi connectivity index (χ0v) is 21.2. The summed E-state index contributed by atoms with van der Waals surface area (Å²) >= 11 is 19.0. The maximum atomic E-state index is 13.3. The lowest BCUT2D eigenvalue weighted by atomic mass is 9.58. The molecule has 5 atom stereocenters. The van der Waals surface area contributed by atoms with Crippen LogP contribution < -0.4 is 10.6 Å². The van der Waals surface area contributed by atoms with Crippen molar-refractivity contribution in [3.63, 3.8) is 0 Å². The number of rotatable bonds is 6. The molecule has 2 aromatic carbocycles. The Kier molecular flexibility index (Phi) is 7.63. The highest BCUT2D eigenvalue weighted by Gasteiger charge is 2.61. The van der Waals surface area contributed by atoms with Crippen molar-refractivity contribution in [2.75, 3.05) is 20.3 Å². The lowest BCUT2D eigenvalue weighted by Gasteiger charge is -2.47. The molecule has 6 nitrogen and oxygen atoms in total. The van der Waals surface area contributed by atoms with Crippen LogP contribution in [0.2, 0.25) is 15.1 Å². The third-order valence-corrected chi connectivity index (χ3v) is 7.82. The Bertz CT molecular complexity index is 1060. The molecule has 0 spiro atoms. The molecule has 2 aliphatic rings. The van der Waals surface area contributed by atoms with Gasteiger partial charge in [-0.1, -0.05) is 53.0 Å². The Morgan fingerprint density at radius 2 is 1.82 bits per heavy atom. The molecule has 9 heteroatoms. The molecule has 1 aliphatic carbocycles. The van der Waals surface area contributed by atoms with Crippen LogP contribution in [0.15, 0.2) is 42.5 Å². The number of fused-ring (bicyclic) bond motifs is 1. The molecular weight excluding hydrogens is 499 g/mol. The number of alkyl carbamates (subject to hydrolysis) is 1. The molecule has 2 N–H and O–H groups in total. The van der Waals surface area contributed by atoms with Crippen molar-refractivity contribution < 1.29 is 19.1 Å². The topological polar surface area (TPSA) is 76.7 Å². The van der Waals surface area contributed by atoms with Gasteiger partial charge in [0.05, 0.1) is 6.61 Å². The number of hydrogen-bond acceptors (Lipinski definition) is 4. The molecule has 2 amide bonds. The van der Waals surface area contributed by atoms with Crippen LogP contribution in [0, 0.1) is 5.92 Å². The molecule has 34 heavy (non-hydrogen) atoms. The molecule has 0 bridgehead atoms. The molecule has 0 unspecified atom stereocenters. The molecule has 4 rings (SSSR count). The second-order valence-corrected chi connectivity index (χ2v) is 10.2. The van der Waals surface area contributed by atoms with Crippen molar-refractivity contribution in [2.45, 2.75) is 43.2 Å². The Morgan fingerprint density at radius 3 is 2.50 bits per heavy atom. The molecule has 1 heterocycles. The predicted octanol–water partition coefficient (Wildman–Crippen LogP) is 5.55. The number of carbonyl (C=O) groups excluding carboxylic acids is 2. The number of carbonyl (C=O) groups is 2. The Hall–Kier alpha value is -1.99. The monoisotopic (exact) mass is 524 g/mol. The summed E-state index contributed by atoms with van der Waals surface area (Å²) in [6.45, 7) is 2.35. The van der Waals surface area contributed by atoms with E-state index in [1.807, 2.05) is 43.3 Å². The standard InChI is InChI=1S/C25H27Cl3N2O4/c1-14-22-21(15-3-5-16(26)6-4-15)19(18-8-7-17(27)13-20(18)28)9-10-25(22,23(31)29-14)30-24(32)34-12-11-33-2/h3-8,13-14,19,21-22H,9-12H2,1-2H3,(H,29,31)(H,30,32)/t14-,19+,21+,22+,25+/m1/s1.